The quantitative estimate of drug-likeness (QED) is 0.590. The summed E-state index contributed by atoms with van der Waals surface area (Å²) in [6.07, 6.45) is 1.23. The fourth-order valence-corrected chi connectivity index (χ4v) is 2.94. The molecular formula is C23H31N3O5. The van der Waals surface area contributed by atoms with Crippen molar-refractivity contribution in [2.45, 2.75) is 19.9 Å². The number of hydrogen-bond acceptors (Lipinski definition) is 5. The third-order valence-electron chi connectivity index (χ3n) is 4.44. The number of methoxy groups -OCH3 is 1. The summed E-state index contributed by atoms with van der Waals surface area (Å²) in [6.45, 7) is 2.33. The molecule has 0 spiro atoms. The standard InChI is InChI=1S/C14H20N2O4.C9H11NO/c1-9(14(19)16(2)8-13(15)18)6-10-7-11(17)4-5-12(10)20-3;1-10(8-11)7-9-5-3-2-4-6-9/h4-5,7,9,17H,6,8H2,1-3H3,(H2,15,18);2-6,8H,7H2,1H3. The lowest BCUT2D eigenvalue weighted by molar-refractivity contribution is -0.136. The highest BCUT2D eigenvalue weighted by Gasteiger charge is 2.20. The molecule has 2 aromatic carbocycles. The van der Waals surface area contributed by atoms with Gasteiger partial charge in [-0.2, -0.15) is 0 Å². The molecule has 0 heterocycles. The number of phenolic OH excluding ortho intramolecular Hbond substituents is 1. The summed E-state index contributed by atoms with van der Waals surface area (Å²) in [6, 6.07) is 14.6. The number of carbonyl (C=O) groups excluding carboxylic acids is 3. The van der Waals surface area contributed by atoms with Crippen LogP contribution in [0.15, 0.2) is 48.5 Å². The van der Waals surface area contributed by atoms with E-state index in [9.17, 15) is 19.5 Å². The molecule has 1 atom stereocenters. The zero-order valence-electron chi connectivity index (χ0n) is 18.4. The Kier molecular flexibility index (Phi) is 10.6. The van der Waals surface area contributed by atoms with Crippen LogP contribution in [0.5, 0.6) is 11.5 Å². The molecule has 0 aromatic heterocycles. The Bertz CT molecular complexity index is 858. The normalized spacial score (nSPS) is 10.8. The summed E-state index contributed by atoms with van der Waals surface area (Å²) in [5.74, 6) is -0.363. The molecule has 31 heavy (non-hydrogen) atoms. The smallest absolute Gasteiger partial charge is 0.237 e. The predicted octanol–water partition coefficient (Wildman–Crippen LogP) is 1.80. The van der Waals surface area contributed by atoms with Gasteiger partial charge in [0.05, 0.1) is 13.7 Å². The van der Waals surface area contributed by atoms with Crippen LogP contribution in [0.25, 0.3) is 0 Å². The number of phenols is 1. The van der Waals surface area contributed by atoms with E-state index < -0.39 is 5.91 Å². The molecule has 0 saturated heterocycles. The largest absolute Gasteiger partial charge is 0.508 e. The first-order valence-electron chi connectivity index (χ1n) is 9.76. The van der Waals surface area contributed by atoms with Crippen molar-refractivity contribution in [2.75, 3.05) is 27.7 Å². The van der Waals surface area contributed by atoms with Crippen molar-refractivity contribution in [1.82, 2.24) is 9.80 Å². The van der Waals surface area contributed by atoms with Crippen molar-refractivity contribution >= 4 is 18.2 Å². The maximum Gasteiger partial charge on any atom is 0.237 e. The van der Waals surface area contributed by atoms with Gasteiger partial charge in [0.25, 0.3) is 0 Å². The number of amides is 3. The third-order valence-corrected chi connectivity index (χ3v) is 4.44. The highest BCUT2D eigenvalue weighted by atomic mass is 16.5. The number of rotatable bonds is 9. The zero-order valence-corrected chi connectivity index (χ0v) is 18.4. The molecule has 0 aliphatic rings. The lowest BCUT2D eigenvalue weighted by Crippen LogP contribution is -2.38. The summed E-state index contributed by atoms with van der Waals surface area (Å²) in [5, 5.41) is 9.50. The molecule has 0 fully saturated rings. The van der Waals surface area contributed by atoms with Crippen molar-refractivity contribution in [3.63, 3.8) is 0 Å². The monoisotopic (exact) mass is 429 g/mol. The summed E-state index contributed by atoms with van der Waals surface area (Å²) < 4.78 is 5.20. The molecule has 0 radical (unpaired) electrons. The lowest BCUT2D eigenvalue weighted by atomic mass is 9.99. The Balaban J connectivity index is 0.000000367. The maximum atomic E-state index is 12.1. The lowest BCUT2D eigenvalue weighted by Gasteiger charge is -2.20. The van der Waals surface area contributed by atoms with Crippen LogP contribution in [-0.2, 0) is 27.3 Å². The summed E-state index contributed by atoms with van der Waals surface area (Å²) in [4.78, 5) is 36.0. The third kappa shape index (κ3) is 9.20. The number of likely N-dealkylation sites (N-methyl/N-ethyl adjacent to an activating group) is 1. The first-order valence-corrected chi connectivity index (χ1v) is 9.76. The molecule has 2 rings (SSSR count). The predicted molar refractivity (Wildman–Crippen MR) is 118 cm³/mol. The summed E-state index contributed by atoms with van der Waals surface area (Å²) >= 11 is 0. The van der Waals surface area contributed by atoms with Crippen LogP contribution < -0.4 is 10.5 Å². The number of benzene rings is 2. The Morgan fingerprint density at radius 2 is 1.81 bits per heavy atom. The van der Waals surface area contributed by atoms with Gasteiger partial charge in [0, 0.05) is 26.6 Å². The van der Waals surface area contributed by atoms with Crippen molar-refractivity contribution < 1.29 is 24.2 Å². The first kappa shape index (κ1) is 25.5. The first-order chi connectivity index (χ1) is 14.7. The highest BCUT2D eigenvalue weighted by molar-refractivity contribution is 5.84. The minimum Gasteiger partial charge on any atom is -0.508 e. The second-order valence-corrected chi connectivity index (χ2v) is 7.27. The van der Waals surface area contributed by atoms with Crippen molar-refractivity contribution in [3.8, 4) is 11.5 Å². The Hall–Kier alpha value is -3.55. The van der Waals surface area contributed by atoms with Gasteiger partial charge in [-0.05, 0) is 35.7 Å². The minimum atomic E-state index is -0.553. The van der Waals surface area contributed by atoms with Gasteiger partial charge in [0.2, 0.25) is 18.2 Å². The molecule has 0 saturated carbocycles. The van der Waals surface area contributed by atoms with Gasteiger partial charge in [-0.3, -0.25) is 14.4 Å². The topological polar surface area (TPSA) is 113 Å². The van der Waals surface area contributed by atoms with Crippen LogP contribution in [-0.4, -0.2) is 60.9 Å². The SMILES string of the molecule is CN(C=O)Cc1ccccc1.COc1ccc(O)cc1CC(C)C(=O)N(C)CC(N)=O. The molecule has 2 aromatic rings. The van der Waals surface area contributed by atoms with E-state index in [0.29, 0.717) is 18.7 Å². The van der Waals surface area contributed by atoms with E-state index >= 15 is 0 Å². The van der Waals surface area contributed by atoms with Crippen molar-refractivity contribution in [3.05, 3.63) is 59.7 Å². The molecule has 168 valence electrons. The number of carbonyl (C=O) groups is 3. The molecule has 8 nitrogen and oxygen atoms in total. The minimum absolute atomic E-state index is 0.111. The van der Waals surface area contributed by atoms with Crippen molar-refractivity contribution in [1.29, 1.82) is 0 Å². The van der Waals surface area contributed by atoms with E-state index in [0.717, 1.165) is 17.5 Å². The molecule has 8 heteroatoms. The Morgan fingerprint density at radius 1 is 1.16 bits per heavy atom. The van der Waals surface area contributed by atoms with Gasteiger partial charge in [0.15, 0.2) is 0 Å². The van der Waals surface area contributed by atoms with E-state index in [1.165, 1.54) is 25.1 Å². The number of primary amides is 1. The van der Waals surface area contributed by atoms with E-state index in [1.807, 2.05) is 30.3 Å². The van der Waals surface area contributed by atoms with Crippen molar-refractivity contribution in [2.24, 2.45) is 11.7 Å². The van der Waals surface area contributed by atoms with Crippen LogP contribution in [0.2, 0.25) is 0 Å². The average molecular weight is 430 g/mol. The molecule has 0 bridgehead atoms. The van der Waals surface area contributed by atoms with Crippen LogP contribution in [0.4, 0.5) is 0 Å². The molecule has 3 N–H and O–H groups in total. The van der Waals surface area contributed by atoms with E-state index in [2.05, 4.69) is 0 Å². The van der Waals surface area contributed by atoms with E-state index in [1.54, 1.807) is 31.0 Å². The van der Waals surface area contributed by atoms with Gasteiger partial charge < -0.3 is 25.4 Å². The number of hydrogen-bond donors (Lipinski definition) is 2. The second-order valence-electron chi connectivity index (χ2n) is 7.27. The van der Waals surface area contributed by atoms with Gasteiger partial charge in [0.1, 0.15) is 11.5 Å². The molecule has 0 aliphatic carbocycles. The second kappa shape index (κ2) is 12.9. The average Bonchev–Trinajstić information content (AvgIpc) is 2.74. The van der Waals surface area contributed by atoms with Crippen LogP contribution in [0.1, 0.15) is 18.1 Å². The fourth-order valence-electron chi connectivity index (χ4n) is 2.94. The van der Waals surface area contributed by atoms with Gasteiger partial charge in [-0.15, -0.1) is 0 Å². The van der Waals surface area contributed by atoms with Gasteiger partial charge in [-0.25, -0.2) is 0 Å². The number of nitrogens with two attached hydrogens (primary N) is 1. The fraction of sp³-hybridized carbons (Fsp3) is 0.348. The Labute approximate surface area is 183 Å². The van der Waals surface area contributed by atoms with Crippen LogP contribution in [0.3, 0.4) is 0 Å². The number of aromatic hydroxyl groups is 1. The molecule has 0 aliphatic heterocycles. The Morgan fingerprint density at radius 3 is 2.35 bits per heavy atom. The van der Waals surface area contributed by atoms with Gasteiger partial charge >= 0.3 is 0 Å². The number of nitrogens with zero attached hydrogens (tertiary/aromatic N) is 2. The zero-order chi connectivity index (χ0) is 23.4. The summed E-state index contributed by atoms with van der Waals surface area (Å²) in [7, 11) is 4.82. The van der Waals surface area contributed by atoms with Gasteiger partial charge in [-0.1, -0.05) is 37.3 Å². The summed E-state index contributed by atoms with van der Waals surface area (Å²) in [5.41, 5.74) is 6.96. The number of ether oxygens (including phenoxy) is 1. The highest BCUT2D eigenvalue weighted by Crippen LogP contribution is 2.26. The van der Waals surface area contributed by atoms with Crippen LogP contribution >= 0.6 is 0 Å². The van der Waals surface area contributed by atoms with E-state index in [4.69, 9.17) is 10.5 Å². The molecule has 1 unspecified atom stereocenters. The maximum absolute atomic E-state index is 12.1. The molecule has 3 amide bonds. The molecular weight excluding hydrogens is 398 g/mol. The van der Waals surface area contributed by atoms with Crippen LogP contribution in [0, 0.1) is 5.92 Å². The van der Waals surface area contributed by atoms with E-state index in [-0.39, 0.29) is 24.1 Å².